The molecule has 0 amide bonds. The summed E-state index contributed by atoms with van der Waals surface area (Å²) in [6.45, 7) is 4.96. The Kier molecular flexibility index (Phi) is 4.16. The van der Waals surface area contributed by atoms with Gasteiger partial charge in [0.2, 0.25) is 5.95 Å². The molecule has 78 valence electrons. The fourth-order valence-electron chi connectivity index (χ4n) is 1.16. The van der Waals surface area contributed by atoms with E-state index in [1.165, 1.54) is 6.07 Å². The average Bonchev–Trinajstić information content (AvgIpc) is 2.17. The van der Waals surface area contributed by atoms with Crippen molar-refractivity contribution >= 4 is 5.95 Å². The van der Waals surface area contributed by atoms with Crippen LogP contribution in [0.15, 0.2) is 10.9 Å². The molecule has 0 radical (unpaired) electrons. The monoisotopic (exact) mass is 195 g/mol. The molecule has 14 heavy (non-hydrogen) atoms. The van der Waals surface area contributed by atoms with Crippen molar-refractivity contribution in [2.24, 2.45) is 0 Å². The third-order valence-corrected chi connectivity index (χ3v) is 1.98. The Bertz CT molecular complexity index is 332. The second kappa shape index (κ2) is 5.42. The van der Waals surface area contributed by atoms with Crippen LogP contribution in [0.2, 0.25) is 0 Å². The molecular weight excluding hydrogens is 178 g/mol. The summed E-state index contributed by atoms with van der Waals surface area (Å²) in [6.07, 6.45) is 3.00. The number of aryl methyl sites for hydroxylation is 1. The minimum Gasteiger partial charge on any atom is -0.356 e. The number of anilines is 1. The fraction of sp³-hybridized carbons (Fsp3) is 0.600. The predicted molar refractivity (Wildman–Crippen MR) is 57.6 cm³/mol. The molecule has 0 atom stereocenters. The highest BCUT2D eigenvalue weighted by Crippen LogP contribution is 1.98. The topological polar surface area (TPSA) is 57.8 Å². The second-order valence-electron chi connectivity index (χ2n) is 3.22. The highest BCUT2D eigenvalue weighted by molar-refractivity contribution is 5.24. The van der Waals surface area contributed by atoms with Crippen molar-refractivity contribution in [3.8, 4) is 0 Å². The number of nitrogens with zero attached hydrogens (tertiary/aromatic N) is 1. The molecule has 0 fully saturated rings. The maximum atomic E-state index is 11.2. The molecule has 0 aliphatic carbocycles. The Balaban J connectivity index is 2.67. The first-order valence-corrected chi connectivity index (χ1v) is 5.10. The molecule has 4 nitrogen and oxygen atoms in total. The van der Waals surface area contributed by atoms with Gasteiger partial charge in [-0.05, 0) is 12.8 Å². The standard InChI is InChI=1S/C10H17N3O/c1-3-5-6-11-10-12-8(4-2)7-9(14)13-10/h7H,3-6H2,1-2H3,(H2,11,12,13,14). The van der Waals surface area contributed by atoms with Gasteiger partial charge in [-0.25, -0.2) is 4.98 Å². The normalized spacial score (nSPS) is 10.1. The van der Waals surface area contributed by atoms with E-state index in [0.29, 0.717) is 5.95 Å². The zero-order valence-electron chi connectivity index (χ0n) is 8.76. The van der Waals surface area contributed by atoms with Gasteiger partial charge >= 0.3 is 0 Å². The molecule has 0 spiro atoms. The van der Waals surface area contributed by atoms with E-state index in [2.05, 4.69) is 22.2 Å². The van der Waals surface area contributed by atoms with Crippen LogP contribution in [-0.2, 0) is 6.42 Å². The van der Waals surface area contributed by atoms with Crippen LogP contribution in [-0.4, -0.2) is 16.5 Å². The summed E-state index contributed by atoms with van der Waals surface area (Å²) in [5, 5.41) is 3.09. The van der Waals surface area contributed by atoms with E-state index in [1.807, 2.05) is 6.92 Å². The second-order valence-corrected chi connectivity index (χ2v) is 3.22. The van der Waals surface area contributed by atoms with Crippen LogP contribution in [0.3, 0.4) is 0 Å². The van der Waals surface area contributed by atoms with Gasteiger partial charge in [-0.1, -0.05) is 20.3 Å². The minimum absolute atomic E-state index is 0.0872. The number of H-pyrrole nitrogens is 1. The van der Waals surface area contributed by atoms with Crippen molar-refractivity contribution in [1.82, 2.24) is 9.97 Å². The maximum Gasteiger partial charge on any atom is 0.252 e. The first-order chi connectivity index (χ1) is 6.76. The lowest BCUT2D eigenvalue weighted by Gasteiger charge is -2.04. The largest absolute Gasteiger partial charge is 0.356 e. The van der Waals surface area contributed by atoms with Gasteiger partial charge in [0.25, 0.3) is 5.56 Å². The summed E-state index contributed by atoms with van der Waals surface area (Å²) < 4.78 is 0. The number of aromatic amines is 1. The molecule has 0 aromatic carbocycles. The van der Waals surface area contributed by atoms with Gasteiger partial charge in [-0.15, -0.1) is 0 Å². The summed E-state index contributed by atoms with van der Waals surface area (Å²) in [5.41, 5.74) is 0.739. The number of aromatic nitrogens is 2. The smallest absolute Gasteiger partial charge is 0.252 e. The third kappa shape index (κ3) is 3.20. The third-order valence-electron chi connectivity index (χ3n) is 1.98. The van der Waals surface area contributed by atoms with Gasteiger partial charge < -0.3 is 5.32 Å². The van der Waals surface area contributed by atoms with Crippen LogP contribution in [0, 0.1) is 0 Å². The van der Waals surface area contributed by atoms with Gasteiger partial charge in [0, 0.05) is 18.3 Å². The highest BCUT2D eigenvalue weighted by atomic mass is 16.1. The van der Waals surface area contributed by atoms with E-state index >= 15 is 0 Å². The van der Waals surface area contributed by atoms with Gasteiger partial charge in [0.15, 0.2) is 0 Å². The average molecular weight is 195 g/mol. The Morgan fingerprint density at radius 1 is 1.50 bits per heavy atom. The Hall–Kier alpha value is -1.32. The van der Waals surface area contributed by atoms with Crippen molar-refractivity contribution in [3.05, 3.63) is 22.1 Å². The Morgan fingerprint density at radius 2 is 2.29 bits per heavy atom. The van der Waals surface area contributed by atoms with Gasteiger partial charge in [-0.3, -0.25) is 9.78 Å². The van der Waals surface area contributed by atoms with E-state index in [9.17, 15) is 4.79 Å². The van der Waals surface area contributed by atoms with E-state index in [0.717, 1.165) is 31.5 Å². The van der Waals surface area contributed by atoms with Gasteiger partial charge in [0.05, 0.1) is 0 Å². The van der Waals surface area contributed by atoms with Gasteiger partial charge in [0.1, 0.15) is 0 Å². The van der Waals surface area contributed by atoms with E-state index < -0.39 is 0 Å². The van der Waals surface area contributed by atoms with Gasteiger partial charge in [-0.2, -0.15) is 0 Å². The summed E-state index contributed by atoms with van der Waals surface area (Å²) in [5.74, 6) is 0.586. The number of nitrogens with one attached hydrogen (secondary N) is 2. The zero-order chi connectivity index (χ0) is 10.4. The molecular formula is C10H17N3O. The highest BCUT2D eigenvalue weighted by Gasteiger charge is 1.98. The molecule has 1 aromatic heterocycles. The molecule has 0 bridgehead atoms. The van der Waals surface area contributed by atoms with Crippen molar-refractivity contribution in [3.63, 3.8) is 0 Å². The Morgan fingerprint density at radius 3 is 2.93 bits per heavy atom. The molecule has 0 aliphatic rings. The first-order valence-electron chi connectivity index (χ1n) is 5.10. The molecule has 1 heterocycles. The summed E-state index contributed by atoms with van der Waals surface area (Å²) >= 11 is 0. The number of rotatable bonds is 5. The molecule has 0 saturated carbocycles. The SMILES string of the molecule is CCCCNc1nc(CC)cc(=O)[nH]1. The molecule has 2 N–H and O–H groups in total. The lowest BCUT2D eigenvalue weighted by molar-refractivity contribution is 0.822. The summed E-state index contributed by atoms with van der Waals surface area (Å²) in [4.78, 5) is 18.1. The molecule has 4 heteroatoms. The van der Waals surface area contributed by atoms with E-state index in [-0.39, 0.29) is 5.56 Å². The van der Waals surface area contributed by atoms with Crippen molar-refractivity contribution < 1.29 is 0 Å². The molecule has 0 saturated heterocycles. The van der Waals surface area contributed by atoms with E-state index in [4.69, 9.17) is 0 Å². The first kappa shape index (κ1) is 10.8. The summed E-state index contributed by atoms with van der Waals surface area (Å²) in [7, 11) is 0. The molecule has 1 aromatic rings. The predicted octanol–water partition coefficient (Wildman–Crippen LogP) is 1.54. The lowest BCUT2D eigenvalue weighted by Crippen LogP contribution is -2.14. The summed E-state index contributed by atoms with van der Waals surface area (Å²) in [6, 6.07) is 1.53. The fourth-order valence-corrected chi connectivity index (χ4v) is 1.16. The van der Waals surface area contributed by atoms with Crippen LogP contribution in [0.25, 0.3) is 0 Å². The van der Waals surface area contributed by atoms with Crippen LogP contribution < -0.4 is 10.9 Å². The van der Waals surface area contributed by atoms with Crippen molar-refractivity contribution in [1.29, 1.82) is 0 Å². The van der Waals surface area contributed by atoms with Crippen LogP contribution in [0.4, 0.5) is 5.95 Å². The number of hydrogen-bond donors (Lipinski definition) is 2. The number of unbranched alkanes of at least 4 members (excludes halogenated alkanes) is 1. The van der Waals surface area contributed by atoms with Crippen LogP contribution >= 0.6 is 0 Å². The lowest BCUT2D eigenvalue weighted by atomic mass is 10.3. The zero-order valence-corrected chi connectivity index (χ0v) is 8.76. The minimum atomic E-state index is -0.0872. The maximum absolute atomic E-state index is 11.2. The molecule has 0 aliphatic heterocycles. The number of hydrogen-bond acceptors (Lipinski definition) is 3. The molecule has 1 rings (SSSR count). The van der Waals surface area contributed by atoms with Crippen LogP contribution in [0.5, 0.6) is 0 Å². The van der Waals surface area contributed by atoms with Crippen molar-refractivity contribution in [2.45, 2.75) is 33.1 Å². The van der Waals surface area contributed by atoms with Crippen molar-refractivity contribution in [2.75, 3.05) is 11.9 Å². The Labute approximate surface area is 83.8 Å². The van der Waals surface area contributed by atoms with E-state index in [1.54, 1.807) is 0 Å². The van der Waals surface area contributed by atoms with Crippen LogP contribution in [0.1, 0.15) is 32.4 Å². The quantitative estimate of drug-likeness (QED) is 0.701. The molecule has 0 unspecified atom stereocenters.